The fraction of sp³-hybridized carbons (Fsp3) is 0.263. The molecule has 0 N–H and O–H groups in total. The Kier molecular flexibility index (Phi) is 6.09. The number of rotatable bonds is 5. The zero-order valence-corrected chi connectivity index (χ0v) is 17.5. The molecule has 0 atom stereocenters. The number of sulfone groups is 1. The van der Waals surface area contributed by atoms with Crippen LogP contribution in [0.15, 0.2) is 47.8 Å². The van der Waals surface area contributed by atoms with Crippen LogP contribution < -0.4 is 4.74 Å². The minimum Gasteiger partial charge on any atom is -0.497 e. The van der Waals surface area contributed by atoms with Crippen LogP contribution >= 0.6 is 11.6 Å². The molecule has 0 saturated carbocycles. The molecule has 0 fully saturated rings. The lowest BCUT2D eigenvalue weighted by Gasteiger charge is -2.24. The first kappa shape index (κ1) is 22.1. The first-order valence-electron chi connectivity index (χ1n) is 8.59. The predicted octanol–water partition coefficient (Wildman–Crippen LogP) is 3.97. The van der Waals surface area contributed by atoms with E-state index in [-0.39, 0.29) is 5.69 Å². The molecule has 0 amide bonds. The summed E-state index contributed by atoms with van der Waals surface area (Å²) in [6.45, 7) is 0.870. The molecule has 1 aromatic carbocycles. The molecule has 0 unspecified atom stereocenters. The summed E-state index contributed by atoms with van der Waals surface area (Å²) in [5.74, 6) is 0.604. The summed E-state index contributed by atoms with van der Waals surface area (Å²) in [6.07, 6.45) is 0.875. The van der Waals surface area contributed by atoms with Crippen LogP contribution in [-0.2, 0) is 22.6 Å². The summed E-state index contributed by atoms with van der Waals surface area (Å²) in [7, 11) is -2.51. The molecule has 1 aliphatic heterocycles. The molecule has 2 aromatic rings. The Hall–Kier alpha value is -2.59. The van der Waals surface area contributed by atoms with Crippen molar-refractivity contribution < 1.29 is 26.3 Å². The van der Waals surface area contributed by atoms with Gasteiger partial charge < -0.3 is 9.64 Å². The van der Waals surface area contributed by atoms with Gasteiger partial charge in [-0.25, -0.2) is 18.4 Å². The number of nitrogens with zero attached hydrogens (tertiary/aromatic N) is 3. The zero-order chi connectivity index (χ0) is 22.1. The van der Waals surface area contributed by atoms with Gasteiger partial charge in [0.05, 0.1) is 12.8 Å². The van der Waals surface area contributed by atoms with Crippen LogP contribution in [0, 0.1) is 0 Å². The van der Waals surface area contributed by atoms with Crippen molar-refractivity contribution >= 4 is 27.0 Å². The molecule has 0 bridgehead atoms. The molecule has 0 spiro atoms. The smallest absolute Gasteiger partial charge is 0.433 e. The SMILES string of the molecule is COc1ccc(CN2C=C(c3cc(C(F)(F)F)nc(S(C)(=O)=O)n3)C=CC2)c(Cl)c1. The van der Waals surface area contributed by atoms with Gasteiger partial charge in [0.1, 0.15) is 11.4 Å². The number of alkyl halides is 3. The van der Waals surface area contributed by atoms with E-state index in [0.717, 1.165) is 17.9 Å². The Morgan fingerprint density at radius 3 is 2.57 bits per heavy atom. The molecular weight excluding hydrogens is 443 g/mol. The van der Waals surface area contributed by atoms with Gasteiger partial charge in [0, 0.05) is 36.1 Å². The number of hydrogen-bond acceptors (Lipinski definition) is 6. The number of benzene rings is 1. The van der Waals surface area contributed by atoms with Gasteiger partial charge in [-0.15, -0.1) is 0 Å². The molecule has 160 valence electrons. The molecule has 0 aliphatic carbocycles. The summed E-state index contributed by atoms with van der Waals surface area (Å²) in [5, 5.41) is -0.392. The minimum absolute atomic E-state index is 0.139. The van der Waals surface area contributed by atoms with Gasteiger partial charge in [0.25, 0.3) is 0 Å². The number of halogens is 4. The van der Waals surface area contributed by atoms with E-state index in [1.165, 1.54) is 7.11 Å². The van der Waals surface area contributed by atoms with E-state index in [9.17, 15) is 21.6 Å². The average molecular weight is 460 g/mol. The van der Waals surface area contributed by atoms with Gasteiger partial charge in [0.15, 0.2) is 0 Å². The van der Waals surface area contributed by atoms with E-state index < -0.39 is 26.9 Å². The molecule has 1 aromatic heterocycles. The maximum Gasteiger partial charge on any atom is 0.433 e. The predicted molar refractivity (Wildman–Crippen MR) is 106 cm³/mol. The fourth-order valence-electron chi connectivity index (χ4n) is 2.76. The van der Waals surface area contributed by atoms with Crippen molar-refractivity contribution in [1.82, 2.24) is 14.9 Å². The molecule has 30 heavy (non-hydrogen) atoms. The third-order valence-electron chi connectivity index (χ3n) is 4.22. The van der Waals surface area contributed by atoms with Crippen molar-refractivity contribution in [2.45, 2.75) is 17.9 Å². The lowest BCUT2D eigenvalue weighted by Crippen LogP contribution is -2.20. The average Bonchev–Trinajstić information content (AvgIpc) is 2.68. The Bertz CT molecular complexity index is 1130. The van der Waals surface area contributed by atoms with Crippen molar-refractivity contribution in [3.63, 3.8) is 0 Å². The van der Waals surface area contributed by atoms with Crippen LogP contribution in [0.25, 0.3) is 5.57 Å². The highest BCUT2D eigenvalue weighted by atomic mass is 35.5. The quantitative estimate of drug-likeness (QED) is 0.630. The van der Waals surface area contributed by atoms with Crippen LogP contribution in [0.2, 0.25) is 5.02 Å². The van der Waals surface area contributed by atoms with E-state index in [2.05, 4.69) is 9.97 Å². The van der Waals surface area contributed by atoms with E-state index in [1.807, 2.05) is 4.90 Å². The van der Waals surface area contributed by atoms with E-state index >= 15 is 0 Å². The summed E-state index contributed by atoms with van der Waals surface area (Å²) in [5.41, 5.74) is -0.348. The van der Waals surface area contributed by atoms with Crippen molar-refractivity contribution in [1.29, 1.82) is 0 Å². The second kappa shape index (κ2) is 8.27. The molecule has 0 saturated heterocycles. The number of hydrogen-bond donors (Lipinski definition) is 0. The summed E-state index contributed by atoms with van der Waals surface area (Å²) < 4.78 is 68.3. The third-order valence-corrected chi connectivity index (χ3v) is 5.41. The Morgan fingerprint density at radius 2 is 1.97 bits per heavy atom. The number of aromatic nitrogens is 2. The molecule has 0 radical (unpaired) electrons. The monoisotopic (exact) mass is 459 g/mol. The minimum atomic E-state index is -4.81. The number of methoxy groups -OCH3 is 1. The molecule has 2 heterocycles. The normalized spacial score (nSPS) is 14.6. The Morgan fingerprint density at radius 1 is 1.23 bits per heavy atom. The van der Waals surface area contributed by atoms with Gasteiger partial charge in [-0.1, -0.05) is 29.8 Å². The molecule has 6 nitrogen and oxygen atoms in total. The van der Waals surface area contributed by atoms with Crippen LogP contribution in [0.1, 0.15) is 17.0 Å². The first-order chi connectivity index (χ1) is 14.0. The van der Waals surface area contributed by atoms with Crippen molar-refractivity contribution in [2.24, 2.45) is 0 Å². The molecule has 11 heteroatoms. The van der Waals surface area contributed by atoms with E-state index in [1.54, 1.807) is 36.6 Å². The highest BCUT2D eigenvalue weighted by molar-refractivity contribution is 7.90. The van der Waals surface area contributed by atoms with Crippen LogP contribution in [0.5, 0.6) is 5.75 Å². The number of ether oxygens (including phenoxy) is 1. The fourth-order valence-corrected chi connectivity index (χ4v) is 3.51. The van der Waals surface area contributed by atoms with Gasteiger partial charge in [-0.2, -0.15) is 13.2 Å². The zero-order valence-electron chi connectivity index (χ0n) is 15.9. The lowest BCUT2D eigenvalue weighted by molar-refractivity contribution is -0.141. The second-order valence-corrected chi connectivity index (χ2v) is 8.88. The lowest BCUT2D eigenvalue weighted by atomic mass is 10.1. The summed E-state index contributed by atoms with van der Waals surface area (Å²) >= 11 is 6.27. The largest absolute Gasteiger partial charge is 0.497 e. The summed E-state index contributed by atoms with van der Waals surface area (Å²) in [4.78, 5) is 8.82. The Labute approximate surface area is 176 Å². The highest BCUT2D eigenvalue weighted by Crippen LogP contribution is 2.31. The molecule has 3 rings (SSSR count). The Balaban J connectivity index is 1.97. The van der Waals surface area contributed by atoms with Crippen LogP contribution in [0.4, 0.5) is 13.2 Å². The van der Waals surface area contributed by atoms with Crippen molar-refractivity contribution in [2.75, 3.05) is 19.9 Å². The maximum absolute atomic E-state index is 13.2. The first-order valence-corrected chi connectivity index (χ1v) is 10.9. The summed E-state index contributed by atoms with van der Waals surface area (Å²) in [6, 6.07) is 5.94. The number of allylic oxidation sites excluding steroid dienone is 2. The molecular formula is C19H17ClF3N3O3S. The van der Waals surface area contributed by atoms with E-state index in [0.29, 0.717) is 29.4 Å². The topological polar surface area (TPSA) is 72.4 Å². The van der Waals surface area contributed by atoms with Gasteiger partial charge in [0.2, 0.25) is 15.0 Å². The second-order valence-electron chi connectivity index (χ2n) is 6.56. The standard InChI is InChI=1S/C19H17ClF3N3O3S/c1-29-14-6-5-12(15(20)8-14)10-26-7-3-4-13(11-26)16-9-17(19(21,22)23)25-18(24-16)30(2,27)28/h3-6,8-9,11H,7,10H2,1-2H3. The van der Waals surface area contributed by atoms with Gasteiger partial charge in [-0.3, -0.25) is 0 Å². The van der Waals surface area contributed by atoms with Crippen LogP contribution in [0.3, 0.4) is 0 Å². The van der Waals surface area contributed by atoms with Crippen molar-refractivity contribution in [3.8, 4) is 5.75 Å². The van der Waals surface area contributed by atoms with Gasteiger partial charge in [-0.05, 0) is 23.8 Å². The molecule has 1 aliphatic rings. The maximum atomic E-state index is 13.2. The van der Waals surface area contributed by atoms with Crippen molar-refractivity contribution in [3.05, 3.63) is 64.6 Å². The van der Waals surface area contributed by atoms with Crippen LogP contribution in [-0.4, -0.2) is 43.2 Å². The third kappa shape index (κ3) is 5.11. The highest BCUT2D eigenvalue weighted by Gasteiger charge is 2.35. The van der Waals surface area contributed by atoms with Gasteiger partial charge >= 0.3 is 6.18 Å². The van der Waals surface area contributed by atoms with E-state index in [4.69, 9.17) is 16.3 Å².